The first-order valence-electron chi connectivity index (χ1n) is 6.04. The number of anilines is 1. The molecule has 0 saturated heterocycles. The Labute approximate surface area is 123 Å². The van der Waals surface area contributed by atoms with Gasteiger partial charge in [0.1, 0.15) is 0 Å². The summed E-state index contributed by atoms with van der Waals surface area (Å²) in [6.45, 7) is 0.261. The zero-order valence-electron chi connectivity index (χ0n) is 10.6. The Balaban J connectivity index is 1.79. The second-order valence-electron chi connectivity index (χ2n) is 4.45. The van der Waals surface area contributed by atoms with E-state index in [-0.39, 0.29) is 13.3 Å². The lowest BCUT2D eigenvalue weighted by molar-refractivity contribution is 0.174. The van der Waals surface area contributed by atoms with Gasteiger partial charge in [0.05, 0.1) is 10.7 Å². The van der Waals surface area contributed by atoms with Crippen LogP contribution in [0.2, 0.25) is 5.02 Å². The quantitative estimate of drug-likeness (QED) is 0.908. The van der Waals surface area contributed by atoms with Crippen molar-refractivity contribution < 1.29 is 23.4 Å². The standard InChI is InChI=1S/C14H10ClF2NO3/c15-8-3-12-13(21-6-20-12)4-11(8)18-5-7-1-9(16)14(19)10(17)2-7/h1-4,18-19H,5-6H2. The van der Waals surface area contributed by atoms with Crippen molar-refractivity contribution in [2.75, 3.05) is 12.1 Å². The SMILES string of the molecule is Oc1c(F)cc(CNc2cc3c(cc2Cl)OCO3)cc1F. The van der Waals surface area contributed by atoms with E-state index in [1.54, 1.807) is 12.1 Å². The van der Waals surface area contributed by atoms with Crippen LogP contribution in [-0.2, 0) is 6.54 Å². The van der Waals surface area contributed by atoms with Gasteiger partial charge in [-0.15, -0.1) is 0 Å². The molecule has 0 atom stereocenters. The summed E-state index contributed by atoms with van der Waals surface area (Å²) in [7, 11) is 0. The van der Waals surface area contributed by atoms with Crippen LogP contribution in [0.1, 0.15) is 5.56 Å². The molecule has 0 radical (unpaired) electrons. The Kier molecular flexibility index (Phi) is 3.47. The van der Waals surface area contributed by atoms with Gasteiger partial charge in [0, 0.05) is 18.7 Å². The Morgan fingerprint density at radius 3 is 2.38 bits per heavy atom. The number of rotatable bonds is 3. The van der Waals surface area contributed by atoms with E-state index in [4.69, 9.17) is 26.2 Å². The maximum atomic E-state index is 13.2. The zero-order chi connectivity index (χ0) is 15.0. The zero-order valence-corrected chi connectivity index (χ0v) is 11.4. The molecule has 2 aromatic carbocycles. The lowest BCUT2D eigenvalue weighted by Crippen LogP contribution is -2.01. The minimum absolute atomic E-state index is 0.128. The average Bonchev–Trinajstić information content (AvgIpc) is 2.89. The van der Waals surface area contributed by atoms with Crippen molar-refractivity contribution in [1.82, 2.24) is 0 Å². The first-order chi connectivity index (χ1) is 10.0. The first-order valence-corrected chi connectivity index (χ1v) is 6.42. The molecule has 2 N–H and O–H groups in total. The lowest BCUT2D eigenvalue weighted by Gasteiger charge is -2.10. The van der Waals surface area contributed by atoms with Gasteiger partial charge >= 0.3 is 0 Å². The number of phenols is 1. The highest BCUT2D eigenvalue weighted by Gasteiger charge is 2.16. The van der Waals surface area contributed by atoms with Crippen LogP contribution in [0, 0.1) is 11.6 Å². The van der Waals surface area contributed by atoms with Gasteiger partial charge in [-0.05, 0) is 17.7 Å². The fraction of sp³-hybridized carbons (Fsp3) is 0.143. The molecule has 2 aromatic rings. The molecule has 1 heterocycles. The maximum Gasteiger partial charge on any atom is 0.231 e. The Hall–Kier alpha value is -2.21. The summed E-state index contributed by atoms with van der Waals surface area (Å²) in [4.78, 5) is 0. The number of nitrogens with one attached hydrogen (secondary N) is 1. The smallest absolute Gasteiger partial charge is 0.231 e. The molecule has 0 spiro atoms. The third-order valence-corrected chi connectivity index (χ3v) is 3.33. The van der Waals surface area contributed by atoms with Crippen LogP contribution >= 0.6 is 11.6 Å². The predicted molar refractivity (Wildman–Crippen MR) is 72.9 cm³/mol. The minimum Gasteiger partial charge on any atom is -0.503 e. The third-order valence-electron chi connectivity index (χ3n) is 3.02. The highest BCUT2D eigenvalue weighted by Crippen LogP contribution is 2.39. The molecule has 3 rings (SSSR count). The molecular weight excluding hydrogens is 304 g/mol. The van der Waals surface area contributed by atoms with Crippen molar-refractivity contribution in [2.45, 2.75) is 6.54 Å². The number of halogens is 3. The van der Waals surface area contributed by atoms with Crippen molar-refractivity contribution in [1.29, 1.82) is 0 Å². The van der Waals surface area contributed by atoms with Crippen molar-refractivity contribution in [2.24, 2.45) is 0 Å². The van der Waals surface area contributed by atoms with E-state index in [0.717, 1.165) is 12.1 Å². The van der Waals surface area contributed by atoms with Crippen molar-refractivity contribution >= 4 is 17.3 Å². The van der Waals surface area contributed by atoms with Gasteiger partial charge in [0.2, 0.25) is 6.79 Å². The van der Waals surface area contributed by atoms with E-state index < -0.39 is 17.4 Å². The van der Waals surface area contributed by atoms with E-state index in [9.17, 15) is 8.78 Å². The number of hydrogen-bond acceptors (Lipinski definition) is 4. The van der Waals surface area contributed by atoms with Crippen LogP contribution in [0.4, 0.5) is 14.5 Å². The summed E-state index contributed by atoms with van der Waals surface area (Å²) in [5.41, 5.74) is 0.881. The number of phenolic OH excluding ortho intramolecular Hbond substituents is 1. The number of hydrogen-bond donors (Lipinski definition) is 2. The molecule has 1 aliphatic rings. The summed E-state index contributed by atoms with van der Waals surface area (Å²) in [6.07, 6.45) is 0. The van der Waals surface area contributed by atoms with E-state index in [2.05, 4.69) is 5.32 Å². The number of fused-ring (bicyclic) bond motifs is 1. The van der Waals surface area contributed by atoms with Crippen molar-refractivity contribution in [3.63, 3.8) is 0 Å². The van der Waals surface area contributed by atoms with E-state index in [0.29, 0.717) is 27.8 Å². The van der Waals surface area contributed by atoms with Crippen LogP contribution in [0.15, 0.2) is 24.3 Å². The first kappa shape index (κ1) is 13.8. The summed E-state index contributed by atoms with van der Waals surface area (Å²) in [6, 6.07) is 5.35. The predicted octanol–water partition coefficient (Wildman–Crippen LogP) is 3.66. The average molecular weight is 314 g/mol. The molecule has 0 amide bonds. The van der Waals surface area contributed by atoms with Gasteiger partial charge in [0.25, 0.3) is 0 Å². The molecule has 0 saturated carbocycles. The molecule has 21 heavy (non-hydrogen) atoms. The molecule has 0 aromatic heterocycles. The second kappa shape index (κ2) is 5.29. The maximum absolute atomic E-state index is 13.2. The van der Waals surface area contributed by atoms with E-state index in [1.807, 2.05) is 0 Å². The lowest BCUT2D eigenvalue weighted by atomic mass is 10.2. The highest BCUT2D eigenvalue weighted by atomic mass is 35.5. The normalized spacial score (nSPS) is 12.5. The molecule has 0 fully saturated rings. The van der Waals surface area contributed by atoms with Gasteiger partial charge in [-0.2, -0.15) is 0 Å². The highest BCUT2D eigenvalue weighted by molar-refractivity contribution is 6.33. The van der Waals surface area contributed by atoms with Gasteiger partial charge in [-0.3, -0.25) is 0 Å². The largest absolute Gasteiger partial charge is 0.503 e. The molecule has 0 aliphatic carbocycles. The van der Waals surface area contributed by atoms with Crippen LogP contribution in [0.3, 0.4) is 0 Å². The molecule has 7 heteroatoms. The Morgan fingerprint density at radius 2 is 1.71 bits per heavy atom. The Morgan fingerprint density at radius 1 is 1.10 bits per heavy atom. The topological polar surface area (TPSA) is 50.7 Å². The summed E-state index contributed by atoms with van der Waals surface area (Å²) in [5, 5.41) is 12.4. The summed E-state index contributed by atoms with van der Waals surface area (Å²) < 4.78 is 36.9. The van der Waals surface area contributed by atoms with E-state index in [1.165, 1.54) is 0 Å². The van der Waals surface area contributed by atoms with Gasteiger partial charge in [0.15, 0.2) is 28.9 Å². The Bertz CT molecular complexity index is 686. The van der Waals surface area contributed by atoms with Crippen LogP contribution in [-0.4, -0.2) is 11.9 Å². The van der Waals surface area contributed by atoms with Crippen molar-refractivity contribution in [3.05, 3.63) is 46.5 Å². The summed E-state index contributed by atoms with van der Waals surface area (Å²) >= 11 is 6.08. The monoisotopic (exact) mass is 313 g/mol. The van der Waals surface area contributed by atoms with Crippen LogP contribution in [0.5, 0.6) is 17.2 Å². The number of benzene rings is 2. The fourth-order valence-electron chi connectivity index (χ4n) is 1.97. The molecule has 4 nitrogen and oxygen atoms in total. The second-order valence-corrected chi connectivity index (χ2v) is 4.85. The fourth-order valence-corrected chi connectivity index (χ4v) is 2.19. The van der Waals surface area contributed by atoms with Crippen molar-refractivity contribution in [3.8, 4) is 17.2 Å². The molecular formula is C14H10ClF2NO3. The molecule has 1 aliphatic heterocycles. The van der Waals surface area contributed by atoms with E-state index >= 15 is 0 Å². The number of ether oxygens (including phenoxy) is 2. The molecule has 0 unspecified atom stereocenters. The van der Waals surface area contributed by atoms with Gasteiger partial charge in [-0.25, -0.2) is 8.78 Å². The van der Waals surface area contributed by atoms with Gasteiger partial charge < -0.3 is 19.9 Å². The minimum atomic E-state index is -1.01. The van der Waals surface area contributed by atoms with Crippen LogP contribution in [0.25, 0.3) is 0 Å². The summed E-state index contributed by atoms with van der Waals surface area (Å²) in [5.74, 6) is -1.91. The molecule has 0 bridgehead atoms. The van der Waals surface area contributed by atoms with Crippen LogP contribution < -0.4 is 14.8 Å². The third kappa shape index (κ3) is 2.67. The number of aromatic hydroxyl groups is 1. The molecule has 110 valence electrons. The van der Waals surface area contributed by atoms with Gasteiger partial charge in [-0.1, -0.05) is 11.6 Å².